The molecular weight excluding hydrogens is 262 g/mol. The molecule has 112 valence electrons. The zero-order chi connectivity index (χ0) is 15.0. The number of rotatable bonds is 2. The van der Waals surface area contributed by atoms with Crippen LogP contribution in [0.1, 0.15) is 87.4 Å². The Balaban J connectivity index is 2.69. The third-order valence-corrected chi connectivity index (χ3v) is 5.92. The van der Waals surface area contributed by atoms with E-state index in [1.54, 1.807) is 5.56 Å². The molecule has 1 aromatic heterocycles. The number of hydrogen-bond donors (Lipinski definition) is 0. The van der Waals surface area contributed by atoms with Gasteiger partial charge in [0.2, 0.25) is 0 Å². The first-order chi connectivity index (χ1) is 9.32. The highest BCUT2D eigenvalue weighted by Crippen LogP contribution is 2.48. The second kappa shape index (κ2) is 6.09. The lowest BCUT2D eigenvalue weighted by atomic mass is 9.77. The summed E-state index contributed by atoms with van der Waals surface area (Å²) in [6, 6.07) is 0. The average molecular weight is 292 g/mol. The van der Waals surface area contributed by atoms with Crippen molar-refractivity contribution in [2.75, 3.05) is 0 Å². The van der Waals surface area contributed by atoms with Crippen molar-refractivity contribution in [2.45, 2.75) is 77.2 Å². The molecule has 0 amide bonds. The van der Waals surface area contributed by atoms with Crippen LogP contribution in [0, 0.1) is 12.8 Å². The smallest absolute Gasteiger partial charge is 0.0418 e. The fraction of sp³-hybridized carbons (Fsp3) is 0.722. The molecule has 20 heavy (non-hydrogen) atoms. The molecule has 1 aliphatic heterocycles. The molecule has 0 radical (unpaired) electrons. The van der Waals surface area contributed by atoms with Crippen molar-refractivity contribution < 1.29 is 0 Å². The van der Waals surface area contributed by atoms with Crippen LogP contribution >= 0.6 is 11.8 Å². The Kier molecular flexibility index (Phi) is 4.84. The minimum Gasteiger partial charge on any atom is -0.261 e. The van der Waals surface area contributed by atoms with Gasteiger partial charge < -0.3 is 0 Å². The van der Waals surface area contributed by atoms with E-state index in [9.17, 15) is 0 Å². The topological polar surface area (TPSA) is 12.9 Å². The summed E-state index contributed by atoms with van der Waals surface area (Å²) >= 11 is 2.12. The van der Waals surface area contributed by atoms with Gasteiger partial charge in [-0.25, -0.2) is 0 Å². The Morgan fingerprint density at radius 1 is 1.15 bits per heavy atom. The maximum Gasteiger partial charge on any atom is 0.0418 e. The average Bonchev–Trinajstić information content (AvgIpc) is 2.46. The molecule has 1 aromatic rings. The lowest BCUT2D eigenvalue weighted by Gasteiger charge is -2.28. The lowest BCUT2D eigenvalue weighted by molar-refractivity contribution is 0.463. The van der Waals surface area contributed by atoms with Gasteiger partial charge in [-0.05, 0) is 54.7 Å². The number of aryl methyl sites for hydroxylation is 1. The fourth-order valence-corrected chi connectivity index (χ4v) is 5.04. The molecule has 1 aliphatic rings. The van der Waals surface area contributed by atoms with Crippen LogP contribution in [0.2, 0.25) is 0 Å². The van der Waals surface area contributed by atoms with Crippen molar-refractivity contribution in [3.63, 3.8) is 0 Å². The van der Waals surface area contributed by atoms with Gasteiger partial charge in [-0.1, -0.05) is 34.6 Å². The van der Waals surface area contributed by atoms with Gasteiger partial charge in [0, 0.05) is 22.4 Å². The highest BCUT2D eigenvalue weighted by molar-refractivity contribution is 8.00. The minimum absolute atomic E-state index is 0.559. The summed E-state index contributed by atoms with van der Waals surface area (Å²) in [6.45, 7) is 16.3. The van der Waals surface area contributed by atoms with E-state index in [1.807, 2.05) is 0 Å². The van der Waals surface area contributed by atoms with Crippen molar-refractivity contribution in [3.8, 4) is 0 Å². The van der Waals surface area contributed by atoms with E-state index >= 15 is 0 Å². The van der Waals surface area contributed by atoms with E-state index < -0.39 is 0 Å². The van der Waals surface area contributed by atoms with Gasteiger partial charge in [-0.15, -0.1) is 0 Å². The second-order valence-corrected chi connectivity index (χ2v) is 8.74. The molecule has 2 rings (SSSR count). The van der Waals surface area contributed by atoms with Crippen molar-refractivity contribution in [2.24, 2.45) is 5.92 Å². The molecule has 1 nitrogen and oxygen atoms in total. The molecule has 2 heterocycles. The van der Waals surface area contributed by atoms with Gasteiger partial charge in [0.05, 0.1) is 0 Å². The largest absolute Gasteiger partial charge is 0.261 e. The highest BCUT2D eigenvalue weighted by atomic mass is 32.2. The molecule has 1 unspecified atom stereocenters. The SMILES string of the molecule is Cc1ncc(C(C)C)c2c1[C@H](C)S[C@H](C)CC2C(C)C. The number of nitrogens with zero attached hydrogens (tertiary/aromatic N) is 1. The number of hydrogen-bond acceptors (Lipinski definition) is 2. The molecule has 0 aliphatic carbocycles. The van der Waals surface area contributed by atoms with Crippen LogP contribution in [-0.4, -0.2) is 10.2 Å². The summed E-state index contributed by atoms with van der Waals surface area (Å²) in [5.41, 5.74) is 5.88. The van der Waals surface area contributed by atoms with Crippen molar-refractivity contribution >= 4 is 11.8 Å². The van der Waals surface area contributed by atoms with Crippen molar-refractivity contribution in [1.82, 2.24) is 4.98 Å². The molecule has 0 spiro atoms. The number of pyridine rings is 1. The van der Waals surface area contributed by atoms with E-state index in [2.05, 4.69) is 66.4 Å². The van der Waals surface area contributed by atoms with Gasteiger partial charge in [0.25, 0.3) is 0 Å². The summed E-state index contributed by atoms with van der Waals surface area (Å²) < 4.78 is 0. The quantitative estimate of drug-likeness (QED) is 0.679. The number of fused-ring (bicyclic) bond motifs is 1. The van der Waals surface area contributed by atoms with Gasteiger partial charge in [-0.3, -0.25) is 4.98 Å². The van der Waals surface area contributed by atoms with E-state index in [-0.39, 0.29) is 0 Å². The third kappa shape index (κ3) is 2.90. The standard InChI is InChI=1S/C18H29NS/c1-10(2)15-8-12(5)20-14(7)17-13(6)19-9-16(11(3)4)18(15)17/h9-12,14-15H,8H2,1-7H3/t12-,14+,15?/m1/s1. The van der Waals surface area contributed by atoms with Crippen LogP contribution in [-0.2, 0) is 0 Å². The highest BCUT2D eigenvalue weighted by Gasteiger charge is 2.32. The summed E-state index contributed by atoms with van der Waals surface area (Å²) in [5.74, 6) is 1.93. The molecular formula is C18H29NS. The van der Waals surface area contributed by atoms with Crippen molar-refractivity contribution in [1.29, 1.82) is 0 Å². The Hall–Kier alpha value is -0.500. The van der Waals surface area contributed by atoms with E-state index in [4.69, 9.17) is 4.98 Å². The van der Waals surface area contributed by atoms with E-state index in [1.165, 1.54) is 23.2 Å². The summed E-state index contributed by atoms with van der Waals surface area (Å²) in [4.78, 5) is 4.71. The number of thioether (sulfide) groups is 1. The summed E-state index contributed by atoms with van der Waals surface area (Å²) in [6.07, 6.45) is 3.43. The lowest BCUT2D eigenvalue weighted by Crippen LogP contribution is -2.15. The molecule has 2 heteroatoms. The monoisotopic (exact) mass is 291 g/mol. The Bertz CT molecular complexity index is 479. The molecule has 0 N–H and O–H groups in total. The second-order valence-electron chi connectivity index (χ2n) is 6.96. The van der Waals surface area contributed by atoms with Crippen LogP contribution < -0.4 is 0 Å². The fourth-order valence-electron chi connectivity index (χ4n) is 3.60. The van der Waals surface area contributed by atoms with E-state index in [0.717, 1.165) is 5.25 Å². The molecule has 0 saturated carbocycles. The first kappa shape index (κ1) is 15.9. The number of aromatic nitrogens is 1. The summed E-state index contributed by atoms with van der Waals surface area (Å²) in [5, 5.41) is 1.29. The third-order valence-electron chi connectivity index (χ3n) is 4.61. The zero-order valence-corrected chi connectivity index (χ0v) is 14.8. The van der Waals surface area contributed by atoms with Crippen LogP contribution in [0.25, 0.3) is 0 Å². The van der Waals surface area contributed by atoms with Crippen LogP contribution in [0.4, 0.5) is 0 Å². The molecule has 0 aromatic carbocycles. The van der Waals surface area contributed by atoms with Gasteiger partial charge in [-0.2, -0.15) is 11.8 Å². The molecule has 0 bridgehead atoms. The maximum atomic E-state index is 4.71. The Labute approximate surface area is 129 Å². The predicted molar refractivity (Wildman–Crippen MR) is 90.7 cm³/mol. The maximum absolute atomic E-state index is 4.71. The van der Waals surface area contributed by atoms with Crippen LogP contribution in [0.15, 0.2) is 6.20 Å². The van der Waals surface area contributed by atoms with Crippen molar-refractivity contribution in [3.05, 3.63) is 28.6 Å². The Morgan fingerprint density at radius 2 is 1.80 bits per heavy atom. The molecule has 0 saturated heterocycles. The predicted octanol–water partition coefficient (Wildman–Crippen LogP) is 5.84. The minimum atomic E-state index is 0.559. The van der Waals surface area contributed by atoms with E-state index in [0.29, 0.717) is 23.0 Å². The zero-order valence-electron chi connectivity index (χ0n) is 14.0. The van der Waals surface area contributed by atoms with Gasteiger partial charge in [0.15, 0.2) is 0 Å². The first-order valence-electron chi connectivity index (χ1n) is 7.97. The normalized spacial score (nSPS) is 26.8. The molecule has 3 atom stereocenters. The van der Waals surface area contributed by atoms with Gasteiger partial charge in [0.1, 0.15) is 0 Å². The first-order valence-corrected chi connectivity index (χ1v) is 8.91. The Morgan fingerprint density at radius 3 is 2.35 bits per heavy atom. The summed E-state index contributed by atoms with van der Waals surface area (Å²) in [7, 11) is 0. The molecule has 0 fully saturated rings. The van der Waals surface area contributed by atoms with Crippen LogP contribution in [0.3, 0.4) is 0 Å². The van der Waals surface area contributed by atoms with Gasteiger partial charge >= 0.3 is 0 Å². The van der Waals surface area contributed by atoms with Crippen LogP contribution in [0.5, 0.6) is 0 Å².